The van der Waals surface area contributed by atoms with E-state index in [4.69, 9.17) is 4.12 Å². The fourth-order valence-corrected chi connectivity index (χ4v) is 13.5. The van der Waals surface area contributed by atoms with Crippen LogP contribution in [0.4, 0.5) is 26.3 Å². The van der Waals surface area contributed by atoms with Gasteiger partial charge in [0.25, 0.3) is 0 Å². The van der Waals surface area contributed by atoms with Crippen LogP contribution in [0, 0.1) is 22.7 Å². The average molecular weight is 1470 g/mol. The van der Waals surface area contributed by atoms with Gasteiger partial charge in [0.15, 0.2) is 22.0 Å². The van der Waals surface area contributed by atoms with Gasteiger partial charge < -0.3 is 18.3 Å². The molecule has 99 heavy (non-hydrogen) atoms. The highest BCUT2D eigenvalue weighted by Gasteiger charge is 2.64. The molecule has 0 radical (unpaired) electrons. The number of ether oxygens (including phenoxy) is 3. The van der Waals surface area contributed by atoms with E-state index in [1.165, 1.54) is 60.0 Å². The molecule has 0 saturated heterocycles. The van der Waals surface area contributed by atoms with Gasteiger partial charge in [-0.25, -0.2) is 8.42 Å². The molecule has 0 aliphatic heterocycles. The maximum Gasteiger partial charge on any atom is 0.402 e. The molecule has 0 N–H and O–H groups in total. The number of sulfone groups is 1. The van der Waals surface area contributed by atoms with Crippen molar-refractivity contribution in [2.75, 3.05) is 55.2 Å². The molecule has 0 amide bonds. The summed E-state index contributed by atoms with van der Waals surface area (Å²) in [6.45, 7) is 75.6. The highest BCUT2D eigenvalue weighted by molar-refractivity contribution is 7.89. The van der Waals surface area contributed by atoms with E-state index in [2.05, 4.69) is 297 Å². The molecule has 6 nitrogen and oxygen atoms in total. The topological polar surface area (TPSA) is 71.1 Å². The lowest BCUT2D eigenvalue weighted by Crippen LogP contribution is -2.44. The Hall–Kier alpha value is -3.32. The summed E-state index contributed by atoms with van der Waals surface area (Å²) in [7, 11) is 4.50. The van der Waals surface area contributed by atoms with Crippen LogP contribution < -0.4 is 0 Å². The van der Waals surface area contributed by atoms with Crippen LogP contribution in [-0.4, -0.2) is 92.6 Å². The lowest BCUT2D eigenvalue weighted by atomic mass is 9.82. The van der Waals surface area contributed by atoms with E-state index < -0.39 is 44.2 Å². The number of hydrogen-bond donors (Lipinski definition) is 0. The predicted octanol–water partition coefficient (Wildman–Crippen LogP) is 29.0. The summed E-state index contributed by atoms with van der Waals surface area (Å²) in [5, 5.41) is 0. The van der Waals surface area contributed by atoms with Gasteiger partial charge in [-0.3, -0.25) is 0 Å². The Morgan fingerprint density at radius 1 is 0.354 bits per heavy atom. The van der Waals surface area contributed by atoms with Crippen LogP contribution in [0.3, 0.4) is 0 Å². The largest absolute Gasteiger partial charge is 0.456 e. The zero-order valence-electron chi connectivity index (χ0n) is 73.1. The molecule has 0 aliphatic rings. The Balaban J connectivity index is -0.0000000845. The second kappa shape index (κ2) is 67.8. The molecule has 0 aromatic heterocycles. The lowest BCUT2D eigenvalue weighted by Gasteiger charge is -2.33. The number of alkyl halides is 6. The minimum absolute atomic E-state index is 0.104. The molecule has 0 saturated carbocycles. The van der Waals surface area contributed by atoms with Gasteiger partial charge in [-0.15, -0.1) is 0 Å². The fraction of sp³-hybridized carbons (Fsp3) is 0.714. The molecule has 0 bridgehead atoms. The minimum atomic E-state index is -5.24. The summed E-state index contributed by atoms with van der Waals surface area (Å²) in [4.78, 5) is 0. The Labute approximate surface area is 617 Å². The van der Waals surface area contributed by atoms with E-state index in [1.807, 2.05) is 72.8 Å². The number of rotatable bonds is 5. The van der Waals surface area contributed by atoms with Crippen LogP contribution >= 0.6 is 0 Å². The molecule has 4 aromatic rings. The van der Waals surface area contributed by atoms with Gasteiger partial charge in [0.1, 0.15) is 9.84 Å². The first-order chi connectivity index (χ1) is 44.2. The zero-order chi connectivity index (χ0) is 82.2. The quantitative estimate of drug-likeness (QED) is 0.146. The number of halogens is 6. The molecule has 0 unspecified atom stereocenters. The second-order valence-corrected chi connectivity index (χ2v) is 44.1. The Kier molecular flexibility index (Phi) is 83.9. The minimum Gasteiger partial charge on any atom is -0.456 e. The molecule has 4 rings (SSSR count). The first-order valence-corrected chi connectivity index (χ1v) is 44.1. The molecule has 0 spiro atoms. The van der Waals surface area contributed by atoms with Crippen molar-refractivity contribution in [3.63, 3.8) is 0 Å². The van der Waals surface area contributed by atoms with E-state index >= 15 is 0 Å². The summed E-state index contributed by atoms with van der Waals surface area (Å²) in [6, 6.07) is 44.6. The molecule has 0 fully saturated rings. The molecule has 15 heteroatoms. The van der Waals surface area contributed by atoms with Crippen LogP contribution in [-0.2, 0) is 49.8 Å². The van der Waals surface area contributed by atoms with E-state index in [9.17, 15) is 34.8 Å². The highest BCUT2D eigenvalue weighted by atomic mass is 32.2. The van der Waals surface area contributed by atoms with Crippen molar-refractivity contribution in [3.05, 3.63) is 144 Å². The van der Waals surface area contributed by atoms with E-state index in [0.717, 1.165) is 24.3 Å². The summed E-state index contributed by atoms with van der Waals surface area (Å²) in [6.07, 6.45) is -3.15. The molecule has 4 aromatic carbocycles. The van der Waals surface area contributed by atoms with Crippen molar-refractivity contribution in [2.24, 2.45) is 22.7 Å². The second-order valence-electron chi connectivity index (χ2n) is 32.8. The summed E-state index contributed by atoms with van der Waals surface area (Å²) in [5.74, 6) is 1.67. The molecule has 0 aliphatic carbocycles. The molecule has 0 heterocycles. The summed E-state index contributed by atoms with van der Waals surface area (Å²) >= 11 is 0. The Morgan fingerprint density at radius 2 is 0.475 bits per heavy atom. The molecular weight excluding hydrogens is 1310 g/mol. The van der Waals surface area contributed by atoms with E-state index in [-0.39, 0.29) is 35.5 Å². The maximum atomic E-state index is 11.6. The standard InChI is InChI=1S/2C14H22.C9H24OSi2.2C6H6.C5H6F6.C5H12.2C4H10.3C3H8.C2H6O2S.3C2H6O/c2*1-13(2,3)11-7-9-12(10-8-11)14(4,5)6;1-7-9-12(5,6)10-11(3,4)8-2;2*1-2-4-6-5-3-1;1-3(2,4(6,7)8)5(9,10)11;1-5(2,3)4;2*1-4(2)3;3*1-3-2;1-5(2,3)4;3*1-3-2/h2*7-10H,1-6H3;7-9H2,1-6H3;2*1-6H;1-2H3;1-4H3;2*4H,1-3H3;3*3H2,1-2H3;1-2H3;3*1-2H3. The summed E-state index contributed by atoms with van der Waals surface area (Å²) in [5.41, 5.74) is 3.55. The van der Waals surface area contributed by atoms with Gasteiger partial charge in [0.2, 0.25) is 0 Å². The van der Waals surface area contributed by atoms with Gasteiger partial charge in [0, 0.05) is 55.2 Å². The lowest BCUT2D eigenvalue weighted by molar-refractivity contribution is -0.327. The van der Waals surface area contributed by atoms with Crippen molar-refractivity contribution in [1.82, 2.24) is 0 Å². The monoisotopic (exact) mass is 1470 g/mol. The number of benzene rings is 4. The van der Waals surface area contributed by atoms with E-state index in [1.54, 1.807) is 42.7 Å². The van der Waals surface area contributed by atoms with Crippen molar-refractivity contribution >= 4 is 26.5 Å². The average Bonchev–Trinajstić information content (AvgIpc) is 0.802. The maximum absolute atomic E-state index is 11.6. The third-order valence-corrected chi connectivity index (χ3v) is 18.1. The van der Waals surface area contributed by atoms with Gasteiger partial charge in [-0.05, 0) is 113 Å². The van der Waals surface area contributed by atoms with Crippen molar-refractivity contribution in [2.45, 2.75) is 320 Å². The van der Waals surface area contributed by atoms with Gasteiger partial charge in [-0.1, -0.05) is 355 Å². The molecule has 0 atom stereocenters. The van der Waals surface area contributed by atoms with Crippen LogP contribution in [0.15, 0.2) is 121 Å². The smallest absolute Gasteiger partial charge is 0.402 e. The number of hydrogen-bond acceptors (Lipinski definition) is 6. The van der Waals surface area contributed by atoms with Crippen molar-refractivity contribution in [1.29, 1.82) is 0 Å². The van der Waals surface area contributed by atoms with Crippen LogP contribution in [0.1, 0.15) is 269 Å². The third-order valence-electron chi connectivity index (χ3n) is 10.2. The molecule has 594 valence electrons. The van der Waals surface area contributed by atoms with Crippen LogP contribution in [0.5, 0.6) is 0 Å². The first-order valence-electron chi connectivity index (χ1n) is 35.6. The number of methoxy groups -OCH3 is 3. The van der Waals surface area contributed by atoms with Gasteiger partial charge in [-0.2, -0.15) is 26.3 Å². The Bertz CT molecular complexity index is 2030. The van der Waals surface area contributed by atoms with E-state index in [0.29, 0.717) is 5.41 Å². The van der Waals surface area contributed by atoms with Crippen molar-refractivity contribution in [3.8, 4) is 0 Å². The SMILES string of the molecule is CC(C)(C(F)(F)F)C(F)(F)F.CC(C)(C)C.CC(C)(C)c1ccc(C(C)(C)C)cc1.CC(C)(C)c1ccc(C(C)(C)C)cc1.CC(C)C.CC(C)C.CCC.CCC.CCC.CCC[Si](C)(C)O[Si](C)(C)CC.COC.COC.COC.CS(C)(=O)=O.c1ccccc1.c1ccccc1. The van der Waals surface area contributed by atoms with Crippen LogP contribution in [0.2, 0.25) is 38.3 Å². The fourth-order valence-electron chi connectivity index (χ4n) is 5.34. The van der Waals surface area contributed by atoms with Crippen LogP contribution in [0.25, 0.3) is 0 Å². The van der Waals surface area contributed by atoms with Gasteiger partial charge >= 0.3 is 12.4 Å². The highest BCUT2D eigenvalue weighted by Crippen LogP contribution is 2.49. The first kappa shape index (κ1) is 122. The predicted molar refractivity (Wildman–Crippen MR) is 442 cm³/mol. The third kappa shape index (κ3) is 116. The van der Waals surface area contributed by atoms with Crippen molar-refractivity contribution < 1.29 is 53.1 Å². The Morgan fingerprint density at radius 3 is 0.545 bits per heavy atom. The molecular formula is C84H166F6O6SSi2. The van der Waals surface area contributed by atoms with Gasteiger partial charge in [0.05, 0.1) is 0 Å². The normalized spacial score (nSPS) is 11.0. The summed E-state index contributed by atoms with van der Waals surface area (Å²) < 4.78 is 108. The zero-order valence-corrected chi connectivity index (χ0v) is 75.9.